The van der Waals surface area contributed by atoms with Gasteiger partial charge >= 0.3 is 5.97 Å². The summed E-state index contributed by atoms with van der Waals surface area (Å²) >= 11 is 0. The number of likely N-dealkylation sites (N-methyl/N-ethyl adjacent to an activating group) is 1. The van der Waals surface area contributed by atoms with Crippen LogP contribution in [0, 0.1) is 0 Å². The number of esters is 1. The number of hydrogen-bond acceptors (Lipinski definition) is 7. The van der Waals surface area contributed by atoms with Crippen LogP contribution in [0.3, 0.4) is 0 Å². The lowest BCUT2D eigenvalue weighted by Crippen LogP contribution is -2.47. The van der Waals surface area contributed by atoms with Gasteiger partial charge in [-0.25, -0.2) is 0 Å². The third-order valence-electron chi connectivity index (χ3n) is 19.2. The van der Waals surface area contributed by atoms with Gasteiger partial charge < -0.3 is 28.5 Å². The monoisotopic (exact) mass is 1310 g/mol. The lowest BCUT2D eigenvalue weighted by atomic mass is 10.0. The predicted molar refractivity (Wildman–Crippen MR) is 395 cm³/mol. The van der Waals surface area contributed by atoms with Gasteiger partial charge in [0.05, 0.1) is 33.8 Å². The standard InChI is InChI=1S/C81H161N2O7P/c1-7-10-13-16-19-22-25-27-29-31-33-35-37-39-41-43-45-47-49-51-53-55-58-61-64-67-70-73-80(84)82-78(77-89-91(86,87)88-76-75-83(4,5)6)79(72-69-66-63-60-57-24-21-18-15-12-9-3)90-81(85)74-71-68-65-62-59-56-54-52-50-48-46-44-42-40-38-36-34-32-30-28-26-23-20-17-14-11-8-2/h69,72,78-79H,7-68,70-71,73-77H2,1-6H3,(H-,82,84,86,87)/b72-69+. The molecular weight excluding hydrogens is 1140 g/mol. The van der Waals surface area contributed by atoms with Crippen molar-refractivity contribution in [3.05, 3.63) is 12.2 Å². The Labute approximate surface area is 569 Å². The first-order valence-electron chi connectivity index (χ1n) is 41.0. The molecule has 3 unspecified atom stereocenters. The Morgan fingerprint density at radius 3 is 0.901 bits per heavy atom. The van der Waals surface area contributed by atoms with Gasteiger partial charge in [-0.1, -0.05) is 412 Å². The summed E-state index contributed by atoms with van der Waals surface area (Å²) in [6, 6.07) is -0.882. The molecule has 1 N–H and O–H groups in total. The number of hydrogen-bond donors (Lipinski definition) is 1. The van der Waals surface area contributed by atoms with Crippen molar-refractivity contribution in [2.24, 2.45) is 0 Å². The second-order valence-electron chi connectivity index (χ2n) is 29.6. The Bertz CT molecular complexity index is 1550. The Morgan fingerprint density at radius 2 is 0.626 bits per heavy atom. The van der Waals surface area contributed by atoms with E-state index in [1.165, 1.54) is 353 Å². The van der Waals surface area contributed by atoms with Crippen LogP contribution < -0.4 is 10.2 Å². The van der Waals surface area contributed by atoms with E-state index in [0.717, 1.165) is 57.8 Å². The molecule has 0 rings (SSSR count). The van der Waals surface area contributed by atoms with Crippen LogP contribution in [0.15, 0.2) is 12.2 Å². The average Bonchev–Trinajstić information content (AvgIpc) is 3.73. The molecule has 0 heterocycles. The van der Waals surface area contributed by atoms with Crippen LogP contribution >= 0.6 is 7.82 Å². The highest BCUT2D eigenvalue weighted by Gasteiger charge is 2.27. The summed E-state index contributed by atoms with van der Waals surface area (Å²) < 4.78 is 30.6. The van der Waals surface area contributed by atoms with Crippen LogP contribution in [0.5, 0.6) is 0 Å². The number of carbonyl (C=O) groups excluding carboxylic acids is 2. The number of ether oxygens (including phenoxy) is 1. The molecule has 10 heteroatoms. The van der Waals surface area contributed by atoms with E-state index in [1.807, 2.05) is 33.3 Å². The van der Waals surface area contributed by atoms with E-state index in [9.17, 15) is 19.0 Å². The summed E-state index contributed by atoms with van der Waals surface area (Å²) in [6.07, 6.45) is 88.1. The molecule has 0 aromatic carbocycles. The third-order valence-corrected chi connectivity index (χ3v) is 20.2. The summed E-state index contributed by atoms with van der Waals surface area (Å²) in [4.78, 5) is 40.3. The molecule has 0 saturated carbocycles. The molecule has 0 aliphatic rings. The van der Waals surface area contributed by atoms with Gasteiger partial charge in [0.2, 0.25) is 5.91 Å². The number of nitrogens with one attached hydrogen (secondary N) is 1. The minimum atomic E-state index is -4.70. The number of phosphoric ester groups is 1. The summed E-state index contributed by atoms with van der Waals surface area (Å²) in [5, 5.41) is 3.06. The Hall–Kier alpha value is -1.25. The van der Waals surface area contributed by atoms with E-state index in [4.69, 9.17) is 13.8 Å². The summed E-state index contributed by atoms with van der Waals surface area (Å²) in [7, 11) is 1.22. The van der Waals surface area contributed by atoms with E-state index in [1.54, 1.807) is 0 Å². The molecule has 0 aromatic heterocycles. The minimum Gasteiger partial charge on any atom is -0.756 e. The molecule has 542 valence electrons. The van der Waals surface area contributed by atoms with Crippen LogP contribution in [0.1, 0.15) is 445 Å². The van der Waals surface area contributed by atoms with Crippen LogP contribution in [-0.2, 0) is 27.9 Å². The molecule has 0 aliphatic heterocycles. The van der Waals surface area contributed by atoms with E-state index in [0.29, 0.717) is 17.4 Å². The number of amides is 1. The van der Waals surface area contributed by atoms with Gasteiger partial charge in [-0.05, 0) is 31.8 Å². The molecule has 0 bridgehead atoms. The molecule has 0 radical (unpaired) electrons. The maximum Gasteiger partial charge on any atom is 0.306 e. The van der Waals surface area contributed by atoms with Crippen LogP contribution in [-0.4, -0.2) is 69.4 Å². The van der Waals surface area contributed by atoms with E-state index in [-0.39, 0.29) is 31.5 Å². The normalized spacial score (nSPS) is 13.4. The Balaban J connectivity index is 4.79. The fourth-order valence-corrected chi connectivity index (χ4v) is 13.7. The third kappa shape index (κ3) is 72.9. The highest BCUT2D eigenvalue weighted by Crippen LogP contribution is 2.38. The topological polar surface area (TPSA) is 114 Å². The lowest BCUT2D eigenvalue weighted by Gasteiger charge is -2.30. The van der Waals surface area contributed by atoms with Gasteiger partial charge in [-0.15, -0.1) is 0 Å². The molecule has 0 spiro atoms. The van der Waals surface area contributed by atoms with Crippen molar-refractivity contribution in [2.75, 3.05) is 40.9 Å². The van der Waals surface area contributed by atoms with Crippen LogP contribution in [0.25, 0.3) is 0 Å². The van der Waals surface area contributed by atoms with Crippen molar-refractivity contribution in [1.29, 1.82) is 0 Å². The van der Waals surface area contributed by atoms with Crippen LogP contribution in [0.4, 0.5) is 0 Å². The summed E-state index contributed by atoms with van der Waals surface area (Å²) in [5.74, 6) is -0.509. The van der Waals surface area contributed by atoms with Gasteiger partial charge in [0.15, 0.2) is 0 Å². The van der Waals surface area contributed by atoms with E-state index in [2.05, 4.69) is 26.1 Å². The number of allylic oxidation sites excluding steroid dienone is 1. The fraction of sp³-hybridized carbons (Fsp3) is 0.951. The maximum atomic E-state index is 13.6. The molecule has 0 saturated heterocycles. The van der Waals surface area contributed by atoms with E-state index < -0.39 is 20.0 Å². The Kier molecular flexibility index (Phi) is 70.5. The number of quaternary nitrogens is 1. The van der Waals surface area contributed by atoms with Crippen molar-refractivity contribution in [3.8, 4) is 0 Å². The van der Waals surface area contributed by atoms with Crippen LogP contribution in [0.2, 0.25) is 0 Å². The zero-order valence-corrected chi connectivity index (χ0v) is 63.2. The van der Waals surface area contributed by atoms with Gasteiger partial charge in [-0.2, -0.15) is 0 Å². The molecule has 1 amide bonds. The fourth-order valence-electron chi connectivity index (χ4n) is 12.9. The highest BCUT2D eigenvalue weighted by molar-refractivity contribution is 7.45. The van der Waals surface area contributed by atoms with Gasteiger partial charge in [0.25, 0.3) is 7.82 Å². The number of nitrogens with zero attached hydrogens (tertiary/aromatic N) is 1. The second kappa shape index (κ2) is 71.5. The number of rotatable bonds is 77. The minimum absolute atomic E-state index is 0.0162. The smallest absolute Gasteiger partial charge is 0.306 e. The first kappa shape index (κ1) is 89.8. The molecule has 91 heavy (non-hydrogen) atoms. The van der Waals surface area contributed by atoms with Crippen molar-refractivity contribution in [1.82, 2.24) is 5.32 Å². The van der Waals surface area contributed by atoms with Gasteiger partial charge in [-0.3, -0.25) is 14.2 Å². The number of phosphoric acid groups is 1. The molecule has 9 nitrogen and oxygen atoms in total. The molecule has 0 aliphatic carbocycles. The van der Waals surface area contributed by atoms with Gasteiger partial charge in [0.1, 0.15) is 19.3 Å². The zero-order chi connectivity index (χ0) is 66.3. The second-order valence-corrected chi connectivity index (χ2v) is 31.1. The molecule has 3 atom stereocenters. The largest absolute Gasteiger partial charge is 0.756 e. The first-order chi connectivity index (χ1) is 44.4. The maximum absolute atomic E-state index is 13.6. The summed E-state index contributed by atoms with van der Waals surface area (Å²) in [5.41, 5.74) is 0. The quantitative estimate of drug-likeness (QED) is 0.0212. The first-order valence-corrected chi connectivity index (χ1v) is 42.5. The number of unbranched alkanes of at least 4 members (excludes halogenated alkanes) is 61. The predicted octanol–water partition coefficient (Wildman–Crippen LogP) is 26.0. The molecular formula is C81H161N2O7P. The van der Waals surface area contributed by atoms with Crippen molar-refractivity contribution in [3.63, 3.8) is 0 Å². The van der Waals surface area contributed by atoms with Gasteiger partial charge in [0, 0.05) is 12.8 Å². The van der Waals surface area contributed by atoms with Crippen molar-refractivity contribution >= 4 is 19.7 Å². The number of carbonyl (C=O) groups is 2. The average molecular weight is 1310 g/mol. The van der Waals surface area contributed by atoms with E-state index >= 15 is 0 Å². The Morgan fingerprint density at radius 1 is 0.374 bits per heavy atom. The molecule has 0 fully saturated rings. The highest BCUT2D eigenvalue weighted by atomic mass is 31.2. The SMILES string of the molecule is CCCCCCCCCCC/C=C/C(OC(=O)CCCCCCCCCCCCCCCCCCCCCCCCCCCCC)C(COP(=O)([O-])OCC[N+](C)(C)C)NC(=O)CCCCCCCCCCCCCCCCCCCCCCCCCCCCC. The molecule has 0 aromatic rings. The lowest BCUT2D eigenvalue weighted by molar-refractivity contribution is -0.870. The van der Waals surface area contributed by atoms with Crippen molar-refractivity contribution in [2.45, 2.75) is 457 Å². The summed E-state index contributed by atoms with van der Waals surface area (Å²) in [6.45, 7) is 6.94. The zero-order valence-electron chi connectivity index (χ0n) is 62.4. The van der Waals surface area contributed by atoms with Crippen molar-refractivity contribution < 1.29 is 37.3 Å².